The fourth-order valence-electron chi connectivity index (χ4n) is 5.87. The van der Waals surface area contributed by atoms with Gasteiger partial charge in [-0.1, -0.05) is 36.4 Å². The monoisotopic (exact) mass is 568 g/mol. The fourth-order valence-corrected chi connectivity index (χ4v) is 7.12. The molecule has 41 heavy (non-hydrogen) atoms. The predicted octanol–water partition coefficient (Wildman–Crippen LogP) is 4.90. The van der Waals surface area contributed by atoms with Crippen LogP contribution in [0.4, 0.5) is 11.6 Å². The molecular formula is C32H32N4O4S. The first-order valence-corrected chi connectivity index (χ1v) is 15.0. The number of hydrogen-bond donors (Lipinski definition) is 2. The third-order valence-corrected chi connectivity index (χ3v) is 9.22. The smallest absolute Gasteiger partial charge is 0.225 e. The number of thiophene rings is 1. The number of para-hydroxylation sites is 1. The summed E-state index contributed by atoms with van der Waals surface area (Å²) in [6.07, 6.45) is 0.449. The Balaban J connectivity index is 1.31. The highest BCUT2D eigenvalue weighted by molar-refractivity contribution is 7.26. The number of benzene rings is 3. The molecule has 0 bridgehead atoms. The second-order valence-corrected chi connectivity index (χ2v) is 11.6. The first-order chi connectivity index (χ1) is 20.2. The maximum Gasteiger partial charge on any atom is 0.225 e. The molecule has 9 heteroatoms. The van der Waals surface area contributed by atoms with Gasteiger partial charge in [0.1, 0.15) is 5.58 Å². The highest BCUT2D eigenvalue weighted by Gasteiger charge is 2.21. The van der Waals surface area contributed by atoms with Crippen LogP contribution in [0.25, 0.3) is 42.3 Å². The molecule has 0 unspecified atom stereocenters. The largest absolute Gasteiger partial charge is 0.440 e. The molecule has 2 aliphatic rings. The summed E-state index contributed by atoms with van der Waals surface area (Å²) in [5.74, 6) is 0.582. The number of piperazine rings is 1. The SMILES string of the molecule is O=C(CCN1CCNCC1)Nc1ccc(-c2cccc3c(=O)cc(N4CCOCC4)oc23)c2sc3ccccc3c12. The number of rotatable bonds is 6. The molecule has 2 fully saturated rings. The zero-order valence-corrected chi connectivity index (χ0v) is 23.6. The lowest BCUT2D eigenvalue weighted by Crippen LogP contribution is -2.44. The van der Waals surface area contributed by atoms with Crippen LogP contribution < -0.4 is 21.0 Å². The maximum absolute atomic E-state index is 13.2. The van der Waals surface area contributed by atoms with Crippen molar-refractivity contribution in [3.8, 4) is 11.1 Å². The number of anilines is 2. The molecule has 7 rings (SSSR count). The first kappa shape index (κ1) is 26.2. The summed E-state index contributed by atoms with van der Waals surface area (Å²) in [4.78, 5) is 30.7. The molecule has 0 spiro atoms. The zero-order chi connectivity index (χ0) is 27.8. The Morgan fingerprint density at radius 1 is 0.927 bits per heavy atom. The molecule has 4 heterocycles. The van der Waals surface area contributed by atoms with Gasteiger partial charge in [-0.05, 0) is 18.2 Å². The van der Waals surface area contributed by atoms with Crippen LogP contribution >= 0.6 is 11.3 Å². The molecule has 2 aliphatic heterocycles. The number of nitrogens with one attached hydrogen (secondary N) is 2. The number of hydrogen-bond acceptors (Lipinski definition) is 8. The number of fused-ring (bicyclic) bond motifs is 4. The van der Waals surface area contributed by atoms with Crippen molar-refractivity contribution in [3.05, 3.63) is 70.9 Å². The Bertz CT molecular complexity index is 1800. The molecule has 0 aliphatic carbocycles. The number of carbonyl (C=O) groups is 1. The number of carbonyl (C=O) groups excluding carboxylic acids is 1. The van der Waals surface area contributed by atoms with Crippen LogP contribution in [0.5, 0.6) is 0 Å². The molecule has 0 saturated carbocycles. The lowest BCUT2D eigenvalue weighted by molar-refractivity contribution is -0.116. The summed E-state index contributed by atoms with van der Waals surface area (Å²) < 4.78 is 14.2. The van der Waals surface area contributed by atoms with Gasteiger partial charge in [-0.3, -0.25) is 9.59 Å². The van der Waals surface area contributed by atoms with Gasteiger partial charge in [0, 0.05) is 89.6 Å². The van der Waals surface area contributed by atoms with Gasteiger partial charge >= 0.3 is 0 Å². The topological polar surface area (TPSA) is 87.1 Å². The quantitative estimate of drug-likeness (QED) is 0.301. The minimum atomic E-state index is -0.0597. The van der Waals surface area contributed by atoms with Crippen molar-refractivity contribution < 1.29 is 13.9 Å². The molecule has 0 radical (unpaired) electrons. The van der Waals surface area contributed by atoms with E-state index in [2.05, 4.69) is 32.6 Å². The Morgan fingerprint density at radius 2 is 1.73 bits per heavy atom. The molecule has 2 aromatic heterocycles. The molecule has 2 saturated heterocycles. The number of ether oxygens (including phenoxy) is 1. The average Bonchev–Trinajstić information content (AvgIpc) is 3.41. The lowest BCUT2D eigenvalue weighted by atomic mass is 9.99. The number of morpholine rings is 1. The van der Waals surface area contributed by atoms with Gasteiger partial charge in [0.15, 0.2) is 11.3 Å². The van der Waals surface area contributed by atoms with E-state index in [0.29, 0.717) is 49.6 Å². The summed E-state index contributed by atoms with van der Waals surface area (Å²) >= 11 is 1.69. The van der Waals surface area contributed by atoms with E-state index < -0.39 is 0 Å². The molecule has 3 aromatic carbocycles. The molecule has 5 aromatic rings. The summed E-state index contributed by atoms with van der Waals surface area (Å²) in [5.41, 5.74) is 3.17. The van der Waals surface area contributed by atoms with Gasteiger partial charge in [-0.25, -0.2) is 0 Å². The third kappa shape index (κ3) is 5.10. The Labute approximate surface area is 241 Å². The Morgan fingerprint density at radius 3 is 2.59 bits per heavy atom. The van der Waals surface area contributed by atoms with E-state index in [-0.39, 0.29) is 11.3 Å². The summed E-state index contributed by atoms with van der Waals surface area (Å²) in [6, 6.07) is 19.6. The standard InChI is InChI=1S/C32H32N4O4S/c37-26-20-29(36-16-18-39-19-17-36)40-31-21(5-3-6-23(26)31)22-8-9-25(30-24-4-1-2-7-27(24)41-32(22)30)34-28(38)10-13-35-14-11-33-12-15-35/h1-9,20,33H,10-19H2,(H,34,38). The molecular weight excluding hydrogens is 536 g/mol. The zero-order valence-electron chi connectivity index (χ0n) is 22.8. The molecule has 1 amide bonds. The van der Waals surface area contributed by atoms with E-state index in [1.54, 1.807) is 17.4 Å². The second-order valence-electron chi connectivity index (χ2n) is 10.6. The highest BCUT2D eigenvalue weighted by Crippen LogP contribution is 2.45. The van der Waals surface area contributed by atoms with E-state index in [0.717, 1.165) is 69.7 Å². The van der Waals surface area contributed by atoms with E-state index >= 15 is 0 Å². The number of amides is 1. The van der Waals surface area contributed by atoms with Crippen LogP contribution in [0.3, 0.4) is 0 Å². The summed E-state index contributed by atoms with van der Waals surface area (Å²) in [6.45, 7) is 7.19. The molecule has 2 N–H and O–H groups in total. The highest BCUT2D eigenvalue weighted by atomic mass is 32.1. The van der Waals surface area contributed by atoms with Crippen LogP contribution in [0, 0.1) is 0 Å². The summed E-state index contributed by atoms with van der Waals surface area (Å²) in [5, 5.41) is 9.24. The van der Waals surface area contributed by atoms with Crippen LogP contribution in [-0.4, -0.2) is 69.8 Å². The van der Waals surface area contributed by atoms with Gasteiger partial charge in [-0.15, -0.1) is 11.3 Å². The van der Waals surface area contributed by atoms with E-state index in [1.807, 2.05) is 42.5 Å². The molecule has 0 atom stereocenters. The minimum Gasteiger partial charge on any atom is -0.440 e. The van der Waals surface area contributed by atoms with Crippen molar-refractivity contribution >= 4 is 60.0 Å². The third-order valence-electron chi connectivity index (χ3n) is 8.02. The maximum atomic E-state index is 13.2. The van der Waals surface area contributed by atoms with Crippen molar-refractivity contribution in [1.29, 1.82) is 0 Å². The van der Waals surface area contributed by atoms with Crippen molar-refractivity contribution in [2.24, 2.45) is 0 Å². The van der Waals surface area contributed by atoms with Crippen molar-refractivity contribution in [3.63, 3.8) is 0 Å². The molecule has 8 nitrogen and oxygen atoms in total. The van der Waals surface area contributed by atoms with Crippen LogP contribution in [-0.2, 0) is 9.53 Å². The van der Waals surface area contributed by atoms with Gasteiger partial charge in [-0.2, -0.15) is 0 Å². The van der Waals surface area contributed by atoms with Crippen LogP contribution in [0.15, 0.2) is 69.9 Å². The average molecular weight is 569 g/mol. The lowest BCUT2D eigenvalue weighted by Gasteiger charge is -2.27. The minimum absolute atomic E-state index is 0.0131. The Kier molecular flexibility index (Phi) is 7.18. The second kappa shape index (κ2) is 11.3. The van der Waals surface area contributed by atoms with E-state index in [4.69, 9.17) is 9.15 Å². The van der Waals surface area contributed by atoms with E-state index in [9.17, 15) is 9.59 Å². The fraction of sp³-hybridized carbons (Fsp3) is 0.312. The van der Waals surface area contributed by atoms with Gasteiger partial charge in [0.25, 0.3) is 0 Å². The van der Waals surface area contributed by atoms with Crippen LogP contribution in [0.2, 0.25) is 0 Å². The van der Waals surface area contributed by atoms with Gasteiger partial charge in [0.05, 0.1) is 24.3 Å². The predicted molar refractivity (Wildman–Crippen MR) is 166 cm³/mol. The van der Waals surface area contributed by atoms with Crippen molar-refractivity contribution in [1.82, 2.24) is 10.2 Å². The molecule has 210 valence electrons. The van der Waals surface area contributed by atoms with Crippen molar-refractivity contribution in [2.75, 3.05) is 69.2 Å². The number of nitrogens with zero attached hydrogens (tertiary/aromatic N) is 2. The Hall–Kier alpha value is -3.76. The van der Waals surface area contributed by atoms with E-state index in [1.165, 1.54) is 0 Å². The van der Waals surface area contributed by atoms with Gasteiger partial charge < -0.3 is 29.6 Å². The normalized spacial score (nSPS) is 16.5. The first-order valence-electron chi connectivity index (χ1n) is 14.2. The van der Waals surface area contributed by atoms with Crippen LogP contribution in [0.1, 0.15) is 6.42 Å². The summed E-state index contributed by atoms with van der Waals surface area (Å²) in [7, 11) is 0. The van der Waals surface area contributed by atoms with Crippen molar-refractivity contribution in [2.45, 2.75) is 6.42 Å². The van der Waals surface area contributed by atoms with Gasteiger partial charge in [0.2, 0.25) is 5.91 Å².